The van der Waals surface area contributed by atoms with E-state index >= 15 is 0 Å². The van der Waals surface area contributed by atoms with Gasteiger partial charge < -0.3 is 5.73 Å². The van der Waals surface area contributed by atoms with E-state index < -0.39 is 0 Å². The fourth-order valence-corrected chi connectivity index (χ4v) is 2.55. The molecule has 2 aromatic heterocycles. The molecule has 0 aliphatic carbocycles. The average molecular weight is 269 g/mol. The van der Waals surface area contributed by atoms with Gasteiger partial charge in [-0.05, 0) is 19.9 Å². The lowest BCUT2D eigenvalue weighted by atomic mass is 10.2. The summed E-state index contributed by atoms with van der Waals surface area (Å²) in [7, 11) is 0. The highest BCUT2D eigenvalue weighted by molar-refractivity contribution is 5.81. The Morgan fingerprint density at radius 2 is 2.00 bits per heavy atom. The van der Waals surface area contributed by atoms with Crippen LogP contribution in [0, 0.1) is 6.92 Å². The van der Waals surface area contributed by atoms with E-state index in [0.29, 0.717) is 13.1 Å². The van der Waals surface area contributed by atoms with Gasteiger partial charge in [0.1, 0.15) is 0 Å². The molecule has 0 saturated carbocycles. The molecule has 2 N–H and O–H groups in total. The summed E-state index contributed by atoms with van der Waals surface area (Å²) in [5.41, 5.74) is 10.0. The second kappa shape index (κ2) is 5.09. The van der Waals surface area contributed by atoms with Gasteiger partial charge in [-0.15, -0.1) is 0 Å². The van der Waals surface area contributed by atoms with Crippen LogP contribution in [0.2, 0.25) is 0 Å². The molecule has 1 aromatic carbocycles. The minimum Gasteiger partial charge on any atom is -0.326 e. The molecule has 5 heteroatoms. The van der Waals surface area contributed by atoms with E-state index in [2.05, 4.69) is 24.2 Å². The van der Waals surface area contributed by atoms with Crippen LogP contribution < -0.4 is 5.73 Å². The van der Waals surface area contributed by atoms with Crippen LogP contribution in [0.4, 0.5) is 0 Å². The molecule has 0 aliphatic rings. The zero-order valence-corrected chi connectivity index (χ0v) is 11.9. The van der Waals surface area contributed by atoms with Gasteiger partial charge in [-0.1, -0.05) is 18.2 Å². The molecule has 5 nitrogen and oxygen atoms in total. The summed E-state index contributed by atoms with van der Waals surface area (Å²) >= 11 is 0. The van der Waals surface area contributed by atoms with E-state index in [-0.39, 0.29) is 0 Å². The maximum absolute atomic E-state index is 5.70. The first-order valence-electron chi connectivity index (χ1n) is 6.90. The van der Waals surface area contributed by atoms with Gasteiger partial charge in [-0.25, -0.2) is 0 Å². The second-order valence-corrected chi connectivity index (χ2v) is 4.92. The number of fused-ring (bicyclic) bond motifs is 1. The van der Waals surface area contributed by atoms with Crippen LogP contribution in [0.25, 0.3) is 10.9 Å². The molecule has 104 valence electrons. The van der Waals surface area contributed by atoms with Crippen molar-refractivity contribution in [2.75, 3.05) is 0 Å². The lowest BCUT2D eigenvalue weighted by Crippen LogP contribution is -2.03. The monoisotopic (exact) mass is 269 g/mol. The van der Waals surface area contributed by atoms with E-state index in [1.165, 1.54) is 10.9 Å². The Balaban J connectivity index is 2.01. The Morgan fingerprint density at radius 1 is 1.20 bits per heavy atom. The van der Waals surface area contributed by atoms with Crippen LogP contribution in [0.5, 0.6) is 0 Å². The predicted molar refractivity (Wildman–Crippen MR) is 79.4 cm³/mol. The molecule has 0 atom stereocenters. The number of benzene rings is 1. The van der Waals surface area contributed by atoms with Gasteiger partial charge in [0.05, 0.1) is 23.4 Å². The molecule has 0 spiro atoms. The summed E-state index contributed by atoms with van der Waals surface area (Å²) in [4.78, 5) is 0. The molecule has 3 rings (SSSR count). The predicted octanol–water partition coefficient (Wildman–Crippen LogP) is 2.07. The minimum atomic E-state index is 0.524. The second-order valence-electron chi connectivity index (χ2n) is 4.92. The van der Waals surface area contributed by atoms with Crippen molar-refractivity contribution in [1.29, 1.82) is 0 Å². The van der Waals surface area contributed by atoms with Crippen LogP contribution in [0.1, 0.15) is 23.9 Å². The normalized spacial score (nSPS) is 11.3. The third-order valence-electron chi connectivity index (χ3n) is 3.61. The van der Waals surface area contributed by atoms with Crippen molar-refractivity contribution >= 4 is 10.9 Å². The molecule has 20 heavy (non-hydrogen) atoms. The topological polar surface area (TPSA) is 61.7 Å². The zero-order chi connectivity index (χ0) is 14.1. The molecule has 0 radical (unpaired) electrons. The molecule has 0 saturated heterocycles. The number of nitrogens with two attached hydrogens (primary N) is 1. The molecule has 3 aromatic rings. The van der Waals surface area contributed by atoms with E-state index in [1.807, 2.05) is 34.6 Å². The van der Waals surface area contributed by atoms with Gasteiger partial charge in [0.2, 0.25) is 0 Å². The van der Waals surface area contributed by atoms with Gasteiger partial charge in [-0.2, -0.15) is 10.2 Å². The maximum atomic E-state index is 5.70. The number of nitrogens with zero attached hydrogens (tertiary/aromatic N) is 4. The van der Waals surface area contributed by atoms with Crippen molar-refractivity contribution < 1.29 is 0 Å². The number of hydrogen-bond acceptors (Lipinski definition) is 3. The van der Waals surface area contributed by atoms with Gasteiger partial charge in [0, 0.05) is 30.2 Å². The lowest BCUT2D eigenvalue weighted by molar-refractivity contribution is 0.624. The molecular weight excluding hydrogens is 250 g/mol. The Labute approximate surface area is 118 Å². The summed E-state index contributed by atoms with van der Waals surface area (Å²) < 4.78 is 3.96. The van der Waals surface area contributed by atoms with E-state index in [0.717, 1.165) is 23.5 Å². The smallest absolute Gasteiger partial charge is 0.0918 e. The molecule has 0 bridgehead atoms. The van der Waals surface area contributed by atoms with Crippen LogP contribution >= 0.6 is 0 Å². The minimum absolute atomic E-state index is 0.524. The summed E-state index contributed by atoms with van der Waals surface area (Å²) in [6.45, 7) is 6.16. The highest BCUT2D eigenvalue weighted by atomic mass is 15.3. The summed E-state index contributed by atoms with van der Waals surface area (Å²) in [6.07, 6.45) is 2.01. The van der Waals surface area contributed by atoms with Gasteiger partial charge >= 0.3 is 0 Å². The SMILES string of the molecule is CCn1nc(Cn2cc(CN)c(C)n2)c2ccccc21. The van der Waals surface area contributed by atoms with Crippen LogP contribution in [-0.2, 0) is 19.6 Å². The Bertz CT molecular complexity index is 738. The van der Waals surface area contributed by atoms with Crippen molar-refractivity contribution in [3.05, 3.63) is 47.4 Å². The van der Waals surface area contributed by atoms with Crippen molar-refractivity contribution in [3.63, 3.8) is 0 Å². The number of aromatic nitrogens is 4. The number of rotatable bonds is 4. The quantitative estimate of drug-likeness (QED) is 0.788. The van der Waals surface area contributed by atoms with E-state index in [1.54, 1.807) is 0 Å². The lowest BCUT2D eigenvalue weighted by Gasteiger charge is -1.98. The van der Waals surface area contributed by atoms with Crippen LogP contribution in [0.3, 0.4) is 0 Å². The number of hydrogen-bond donors (Lipinski definition) is 1. The van der Waals surface area contributed by atoms with Crippen molar-refractivity contribution in [2.45, 2.75) is 33.5 Å². The average Bonchev–Trinajstić information content (AvgIpc) is 3.00. The maximum Gasteiger partial charge on any atom is 0.0918 e. The fraction of sp³-hybridized carbons (Fsp3) is 0.333. The first-order valence-corrected chi connectivity index (χ1v) is 6.90. The van der Waals surface area contributed by atoms with Crippen molar-refractivity contribution in [3.8, 4) is 0 Å². The summed E-state index contributed by atoms with van der Waals surface area (Å²) in [5, 5.41) is 10.4. The summed E-state index contributed by atoms with van der Waals surface area (Å²) in [5.74, 6) is 0. The van der Waals surface area contributed by atoms with Gasteiger partial charge in [0.15, 0.2) is 0 Å². The third kappa shape index (κ3) is 2.10. The van der Waals surface area contributed by atoms with Crippen LogP contribution in [0.15, 0.2) is 30.5 Å². The standard InChI is InChI=1S/C15H19N5/c1-3-20-15-7-5-4-6-13(15)14(18-20)10-19-9-12(8-16)11(2)17-19/h4-7,9H,3,8,10,16H2,1-2H3. The molecule has 0 aliphatic heterocycles. The molecule has 2 heterocycles. The van der Waals surface area contributed by atoms with E-state index in [9.17, 15) is 0 Å². The third-order valence-corrected chi connectivity index (χ3v) is 3.61. The highest BCUT2D eigenvalue weighted by Crippen LogP contribution is 2.19. The first-order chi connectivity index (χ1) is 9.72. The fourth-order valence-electron chi connectivity index (χ4n) is 2.55. The first kappa shape index (κ1) is 12.9. The van der Waals surface area contributed by atoms with Gasteiger partial charge in [-0.3, -0.25) is 9.36 Å². The van der Waals surface area contributed by atoms with Gasteiger partial charge in [0.25, 0.3) is 0 Å². The van der Waals surface area contributed by atoms with Crippen molar-refractivity contribution in [1.82, 2.24) is 19.6 Å². The Kier molecular flexibility index (Phi) is 3.28. The van der Waals surface area contributed by atoms with Crippen LogP contribution in [-0.4, -0.2) is 19.6 Å². The molecule has 0 fully saturated rings. The van der Waals surface area contributed by atoms with Crippen molar-refractivity contribution in [2.24, 2.45) is 5.73 Å². The highest BCUT2D eigenvalue weighted by Gasteiger charge is 2.11. The zero-order valence-electron chi connectivity index (χ0n) is 11.9. The molecule has 0 amide bonds. The number of para-hydroxylation sites is 1. The Hall–Kier alpha value is -2.14. The molecular formula is C15H19N5. The van der Waals surface area contributed by atoms with E-state index in [4.69, 9.17) is 10.8 Å². The number of aryl methyl sites for hydroxylation is 2. The molecule has 0 unspecified atom stereocenters. The Morgan fingerprint density at radius 3 is 2.70 bits per heavy atom. The summed E-state index contributed by atoms with van der Waals surface area (Å²) in [6, 6.07) is 8.32. The largest absolute Gasteiger partial charge is 0.326 e.